The van der Waals surface area contributed by atoms with E-state index in [-0.39, 0.29) is 0 Å². The van der Waals surface area contributed by atoms with E-state index < -0.39 is 0 Å². The molecule has 0 aliphatic carbocycles. The highest BCUT2D eigenvalue weighted by atomic mass is 32.1. The van der Waals surface area contributed by atoms with Crippen molar-refractivity contribution >= 4 is 106 Å². The summed E-state index contributed by atoms with van der Waals surface area (Å²) in [6.45, 7) is 0. The number of hydrogen-bond acceptors (Lipinski definition) is 4. The maximum atomic E-state index is 5.52. The minimum atomic E-state index is 0.684. The third kappa shape index (κ3) is 4.26. The van der Waals surface area contributed by atoms with Gasteiger partial charge in [-0.1, -0.05) is 127 Å². The van der Waals surface area contributed by atoms with E-state index in [1.165, 1.54) is 73.7 Å². The quantitative estimate of drug-likeness (QED) is 0.183. The molecular weight excluding hydrogens is 683 g/mol. The van der Waals surface area contributed by atoms with Gasteiger partial charge in [-0.2, -0.15) is 0 Å². The summed E-state index contributed by atoms with van der Waals surface area (Å²) in [6, 6.07) is 59.4. The van der Waals surface area contributed by atoms with Crippen LogP contribution in [0.25, 0.3) is 112 Å². The Kier molecular flexibility index (Phi) is 6.09. The van der Waals surface area contributed by atoms with Crippen molar-refractivity contribution in [3.63, 3.8) is 0 Å². The lowest BCUT2D eigenvalue weighted by molar-refractivity contribution is 1.02. The van der Waals surface area contributed by atoms with Gasteiger partial charge in [-0.15, -0.1) is 22.7 Å². The molecule has 0 fully saturated rings. The number of benzene rings is 8. The highest BCUT2D eigenvalue weighted by molar-refractivity contribution is 7.26. The van der Waals surface area contributed by atoms with Gasteiger partial charge in [0.2, 0.25) is 5.95 Å². The molecule has 8 aromatic carbocycles. The second-order valence-corrected chi connectivity index (χ2v) is 15.9. The SMILES string of the molecule is c1ccc(-c2nc(-n3c4ccc5ccccc5c4c4c5ccccc5ccc43)nc3sc4ccc(-c5ccc6c(c5)sc5ccccc56)cc4c23)cc1. The number of aromatic nitrogens is 3. The molecule has 3 nitrogen and oxygen atoms in total. The molecule has 0 aliphatic heterocycles. The van der Waals surface area contributed by atoms with Gasteiger partial charge in [0, 0.05) is 52.0 Å². The molecule has 12 aromatic rings. The van der Waals surface area contributed by atoms with Gasteiger partial charge < -0.3 is 0 Å². The Morgan fingerprint density at radius 3 is 1.74 bits per heavy atom. The molecule has 0 N–H and O–H groups in total. The summed E-state index contributed by atoms with van der Waals surface area (Å²) in [5, 5.41) is 12.3. The number of rotatable bonds is 3. The Hall–Kier alpha value is -6.40. The standard InChI is InChI=1S/C48H27N3S2/c1-2-12-30(13-3-1)46-45-37-26-31(32-18-22-36-35-16-8-9-17-40(35)52-42(36)27-32)21-25-41(37)53-47(45)50-48(49-46)51-38-23-19-28-10-4-6-14-33(28)43(38)44-34-15-7-5-11-29(34)20-24-39(44)51/h1-27H. The third-order valence-corrected chi connectivity index (χ3v) is 13.0. The minimum Gasteiger partial charge on any atom is -0.278 e. The van der Waals surface area contributed by atoms with Crippen molar-refractivity contribution in [2.45, 2.75) is 0 Å². The van der Waals surface area contributed by atoms with Gasteiger partial charge in [-0.3, -0.25) is 4.57 Å². The van der Waals surface area contributed by atoms with Gasteiger partial charge >= 0.3 is 0 Å². The Labute approximate surface area is 311 Å². The largest absolute Gasteiger partial charge is 0.278 e. The number of nitrogens with zero attached hydrogens (tertiary/aromatic N) is 3. The molecule has 0 saturated carbocycles. The van der Waals surface area contributed by atoms with Crippen LogP contribution in [0.2, 0.25) is 0 Å². The normalized spacial score (nSPS) is 12.2. The van der Waals surface area contributed by atoms with Crippen molar-refractivity contribution in [1.29, 1.82) is 0 Å². The van der Waals surface area contributed by atoms with Crippen molar-refractivity contribution in [2.24, 2.45) is 0 Å². The van der Waals surface area contributed by atoms with Gasteiger partial charge in [-0.05, 0) is 69.1 Å². The summed E-state index contributed by atoms with van der Waals surface area (Å²) in [4.78, 5) is 11.9. The monoisotopic (exact) mass is 709 g/mol. The maximum Gasteiger partial charge on any atom is 0.236 e. The molecule has 0 spiro atoms. The van der Waals surface area contributed by atoms with E-state index in [1.54, 1.807) is 11.3 Å². The van der Waals surface area contributed by atoms with Crippen LogP contribution in [0.1, 0.15) is 0 Å². The number of hydrogen-bond donors (Lipinski definition) is 0. The van der Waals surface area contributed by atoms with E-state index in [4.69, 9.17) is 9.97 Å². The second-order valence-electron chi connectivity index (χ2n) is 13.7. The first-order valence-electron chi connectivity index (χ1n) is 17.8. The first-order chi connectivity index (χ1) is 26.3. The van der Waals surface area contributed by atoms with Crippen LogP contribution in [-0.4, -0.2) is 14.5 Å². The zero-order valence-corrected chi connectivity index (χ0v) is 29.9. The molecule has 4 aromatic heterocycles. The van der Waals surface area contributed by atoms with Gasteiger partial charge in [0.05, 0.1) is 16.7 Å². The smallest absolute Gasteiger partial charge is 0.236 e. The molecule has 0 unspecified atom stereocenters. The summed E-state index contributed by atoms with van der Waals surface area (Å²) in [7, 11) is 0. The first-order valence-corrected chi connectivity index (χ1v) is 19.5. The molecule has 0 radical (unpaired) electrons. The Morgan fingerprint density at radius 2 is 0.981 bits per heavy atom. The Morgan fingerprint density at radius 1 is 0.377 bits per heavy atom. The van der Waals surface area contributed by atoms with Crippen LogP contribution in [-0.2, 0) is 0 Å². The van der Waals surface area contributed by atoms with Gasteiger partial charge in [0.25, 0.3) is 0 Å². The summed E-state index contributed by atoms with van der Waals surface area (Å²) in [5.41, 5.74) is 6.65. The average molecular weight is 710 g/mol. The first kappa shape index (κ1) is 29.2. The molecule has 0 saturated heterocycles. The molecule has 0 atom stereocenters. The van der Waals surface area contributed by atoms with Gasteiger partial charge in [0.1, 0.15) is 4.83 Å². The highest BCUT2D eigenvalue weighted by Gasteiger charge is 2.22. The number of fused-ring (bicyclic) bond motifs is 13. The topological polar surface area (TPSA) is 30.7 Å². The lowest BCUT2D eigenvalue weighted by atomic mass is 10.00. The predicted molar refractivity (Wildman–Crippen MR) is 228 cm³/mol. The van der Waals surface area contributed by atoms with Crippen molar-refractivity contribution in [3.8, 4) is 28.3 Å². The fourth-order valence-electron chi connectivity index (χ4n) is 8.42. The lowest BCUT2D eigenvalue weighted by Crippen LogP contribution is -2.02. The molecule has 246 valence electrons. The molecule has 4 heterocycles. The zero-order chi connectivity index (χ0) is 34.6. The average Bonchev–Trinajstić information content (AvgIpc) is 3.89. The van der Waals surface area contributed by atoms with E-state index in [0.717, 1.165) is 32.5 Å². The van der Waals surface area contributed by atoms with Gasteiger partial charge in [-0.25, -0.2) is 9.97 Å². The number of thiophene rings is 2. The van der Waals surface area contributed by atoms with Crippen molar-refractivity contribution in [3.05, 3.63) is 164 Å². The van der Waals surface area contributed by atoms with Crippen LogP contribution < -0.4 is 0 Å². The second kappa shape index (κ2) is 11.1. The Bertz CT molecular complexity index is 3370. The highest BCUT2D eigenvalue weighted by Crippen LogP contribution is 2.44. The zero-order valence-electron chi connectivity index (χ0n) is 28.2. The van der Waals surface area contributed by atoms with Gasteiger partial charge in [0.15, 0.2) is 0 Å². The summed E-state index contributed by atoms with van der Waals surface area (Å²) < 4.78 is 6.12. The molecule has 0 amide bonds. The van der Waals surface area contributed by atoms with Crippen LogP contribution in [0.3, 0.4) is 0 Å². The van der Waals surface area contributed by atoms with Crippen LogP contribution in [0, 0.1) is 0 Å². The molecule has 12 rings (SSSR count). The maximum absolute atomic E-state index is 5.52. The summed E-state index contributed by atoms with van der Waals surface area (Å²) in [5.74, 6) is 0.684. The van der Waals surface area contributed by atoms with Crippen LogP contribution >= 0.6 is 22.7 Å². The molecule has 5 heteroatoms. The van der Waals surface area contributed by atoms with E-state index in [9.17, 15) is 0 Å². The van der Waals surface area contributed by atoms with Crippen LogP contribution in [0.4, 0.5) is 0 Å². The fourth-order valence-corrected chi connectivity index (χ4v) is 10.6. The lowest BCUT2D eigenvalue weighted by Gasteiger charge is -2.11. The molecule has 0 bridgehead atoms. The Balaban J connectivity index is 1.14. The van der Waals surface area contributed by atoms with E-state index >= 15 is 0 Å². The van der Waals surface area contributed by atoms with E-state index in [0.29, 0.717) is 5.95 Å². The van der Waals surface area contributed by atoms with Crippen LogP contribution in [0.5, 0.6) is 0 Å². The van der Waals surface area contributed by atoms with E-state index in [2.05, 4.69) is 168 Å². The van der Waals surface area contributed by atoms with Crippen molar-refractivity contribution < 1.29 is 0 Å². The molecule has 53 heavy (non-hydrogen) atoms. The molecular formula is C48H27N3S2. The molecule has 0 aliphatic rings. The van der Waals surface area contributed by atoms with Crippen LogP contribution in [0.15, 0.2) is 164 Å². The third-order valence-electron chi connectivity index (χ3n) is 10.8. The van der Waals surface area contributed by atoms with E-state index in [1.807, 2.05) is 11.3 Å². The summed E-state index contributed by atoms with van der Waals surface area (Å²) >= 11 is 3.61. The minimum absolute atomic E-state index is 0.684. The predicted octanol–water partition coefficient (Wildman–Crippen LogP) is 13.9. The summed E-state index contributed by atoms with van der Waals surface area (Å²) in [6.07, 6.45) is 0. The fraction of sp³-hybridized carbons (Fsp3) is 0. The van der Waals surface area contributed by atoms with Crippen molar-refractivity contribution in [1.82, 2.24) is 14.5 Å². The van der Waals surface area contributed by atoms with Crippen molar-refractivity contribution in [2.75, 3.05) is 0 Å².